The molecule has 0 bridgehead atoms. The number of nitrogens with one attached hydrogen (secondary N) is 1. The molecule has 3 N–H and O–H groups in total. The Balaban J connectivity index is 1.50. The van der Waals surface area contributed by atoms with Gasteiger partial charge in [0.15, 0.2) is 5.69 Å². The van der Waals surface area contributed by atoms with Crippen molar-refractivity contribution in [3.8, 4) is 5.82 Å². The lowest BCUT2D eigenvalue weighted by Gasteiger charge is -2.31. The number of hydrazone groups is 1. The largest absolute Gasteiger partial charge is 0.378 e. The van der Waals surface area contributed by atoms with E-state index in [1.807, 2.05) is 31.3 Å². The van der Waals surface area contributed by atoms with Crippen LogP contribution < -0.4 is 16.1 Å². The molecule has 0 radical (unpaired) electrons. The number of aromatic nitrogens is 5. The number of nitrogens with two attached hydrogens (primary N) is 1. The van der Waals surface area contributed by atoms with Crippen LogP contribution in [0.5, 0.6) is 0 Å². The van der Waals surface area contributed by atoms with E-state index in [-0.39, 0.29) is 17.3 Å². The fourth-order valence-corrected chi connectivity index (χ4v) is 4.59. The minimum Gasteiger partial charge on any atom is -0.378 e. The highest BCUT2D eigenvalue weighted by atomic mass is 16.6. The molecular weight excluding hydrogens is 460 g/mol. The van der Waals surface area contributed by atoms with Gasteiger partial charge >= 0.3 is 0 Å². The first-order valence-corrected chi connectivity index (χ1v) is 12.4. The number of rotatable bonds is 10. The minimum atomic E-state index is -0.473. The van der Waals surface area contributed by atoms with E-state index >= 15 is 0 Å². The number of hydrogen-bond donors (Lipinski definition) is 2. The fourth-order valence-electron chi connectivity index (χ4n) is 4.59. The van der Waals surface area contributed by atoms with Crippen molar-refractivity contribution in [2.45, 2.75) is 58.5 Å². The summed E-state index contributed by atoms with van der Waals surface area (Å²) in [5.74, 6) is -0.204. The Morgan fingerprint density at radius 2 is 1.92 bits per heavy atom. The molecule has 2 heterocycles. The maximum Gasteiger partial charge on any atom is 0.293 e. The van der Waals surface area contributed by atoms with Gasteiger partial charge in [-0.15, -0.1) is 5.10 Å². The Bertz CT molecular complexity index is 1160. The predicted molar refractivity (Wildman–Crippen MR) is 137 cm³/mol. The van der Waals surface area contributed by atoms with Crippen LogP contribution in [0.15, 0.2) is 34.0 Å². The van der Waals surface area contributed by atoms with E-state index in [4.69, 9.17) is 10.4 Å². The van der Waals surface area contributed by atoms with Crippen molar-refractivity contribution in [2.75, 3.05) is 30.8 Å². The number of nitrogens with zero attached hydrogens (tertiary/aromatic N) is 8. The predicted octanol–water partition coefficient (Wildman–Crippen LogP) is 2.61. The fraction of sp³-hybridized carbons (Fsp3) is 0.500. The third kappa shape index (κ3) is 5.70. The van der Waals surface area contributed by atoms with Crippen molar-refractivity contribution in [1.29, 1.82) is 0 Å². The highest BCUT2D eigenvalue weighted by Crippen LogP contribution is 2.24. The zero-order valence-electron chi connectivity index (χ0n) is 21.1. The second-order valence-corrected chi connectivity index (χ2v) is 8.94. The molecule has 0 saturated heterocycles. The van der Waals surface area contributed by atoms with E-state index in [2.05, 4.69) is 54.8 Å². The molecule has 0 aliphatic heterocycles. The highest BCUT2D eigenvalue weighted by molar-refractivity contribution is 5.94. The summed E-state index contributed by atoms with van der Waals surface area (Å²) in [6.07, 6.45) is 7.49. The third-order valence-electron chi connectivity index (χ3n) is 6.67. The van der Waals surface area contributed by atoms with Crippen LogP contribution in [0.3, 0.4) is 0 Å². The summed E-state index contributed by atoms with van der Waals surface area (Å²) in [5, 5.41) is 19.8. The third-order valence-corrected chi connectivity index (χ3v) is 6.67. The number of nitrogen functional groups attached to an aromatic ring is 1. The van der Waals surface area contributed by atoms with Crippen LogP contribution in [0.25, 0.3) is 5.82 Å². The molecule has 4 rings (SSSR count). The Kier molecular flexibility index (Phi) is 8.26. The van der Waals surface area contributed by atoms with Crippen LogP contribution in [0.1, 0.15) is 67.7 Å². The second kappa shape index (κ2) is 11.8. The lowest BCUT2D eigenvalue weighted by atomic mass is 9.94. The van der Waals surface area contributed by atoms with E-state index in [9.17, 15) is 4.79 Å². The topological polar surface area (TPSA) is 144 Å². The molecule has 36 heavy (non-hydrogen) atoms. The number of anilines is 2. The summed E-state index contributed by atoms with van der Waals surface area (Å²) in [6.45, 7) is 6.56. The van der Waals surface area contributed by atoms with Crippen molar-refractivity contribution < 1.29 is 9.42 Å². The zero-order valence-corrected chi connectivity index (χ0v) is 21.1. The Morgan fingerprint density at radius 1 is 1.19 bits per heavy atom. The number of carbonyl (C=O) groups excluding carboxylic acids is 1. The van der Waals surface area contributed by atoms with Crippen molar-refractivity contribution >= 4 is 23.6 Å². The number of carbonyl (C=O) groups is 1. The molecule has 0 spiro atoms. The van der Waals surface area contributed by atoms with E-state index in [1.165, 1.54) is 23.9 Å². The van der Waals surface area contributed by atoms with Gasteiger partial charge in [-0.1, -0.05) is 36.6 Å². The summed E-state index contributed by atoms with van der Waals surface area (Å²) in [5.41, 5.74) is 11.2. The maximum atomic E-state index is 13.0. The molecule has 1 saturated carbocycles. The highest BCUT2D eigenvalue weighted by Gasteiger charge is 2.27. The molecule has 1 fully saturated rings. The molecular formula is C24H34N10O2. The van der Waals surface area contributed by atoms with Crippen molar-refractivity contribution in [1.82, 2.24) is 35.6 Å². The van der Waals surface area contributed by atoms with E-state index in [1.54, 1.807) is 6.21 Å². The average Bonchev–Trinajstić information content (AvgIpc) is 3.51. The lowest BCUT2D eigenvalue weighted by molar-refractivity contribution is 0.0947. The molecule has 1 aromatic carbocycles. The lowest BCUT2D eigenvalue weighted by Crippen LogP contribution is -2.34. The van der Waals surface area contributed by atoms with Crippen molar-refractivity contribution in [2.24, 2.45) is 5.10 Å². The second-order valence-electron chi connectivity index (χ2n) is 8.94. The van der Waals surface area contributed by atoms with Gasteiger partial charge in [0.25, 0.3) is 5.91 Å². The van der Waals surface area contributed by atoms with E-state index in [0.29, 0.717) is 18.3 Å². The van der Waals surface area contributed by atoms with Gasteiger partial charge < -0.3 is 10.6 Å². The van der Waals surface area contributed by atoms with Crippen LogP contribution in [0.2, 0.25) is 0 Å². The Morgan fingerprint density at radius 3 is 2.56 bits per heavy atom. The average molecular weight is 495 g/mol. The van der Waals surface area contributed by atoms with Gasteiger partial charge in [-0.3, -0.25) is 9.69 Å². The zero-order chi connectivity index (χ0) is 25.5. The summed E-state index contributed by atoms with van der Waals surface area (Å²) >= 11 is 0. The first-order valence-electron chi connectivity index (χ1n) is 12.4. The number of amides is 1. The van der Waals surface area contributed by atoms with Crippen LogP contribution >= 0.6 is 0 Å². The van der Waals surface area contributed by atoms with Gasteiger partial charge in [0.05, 0.1) is 11.9 Å². The van der Waals surface area contributed by atoms with Gasteiger partial charge in [0, 0.05) is 31.4 Å². The van der Waals surface area contributed by atoms with Crippen LogP contribution in [-0.2, 0) is 6.54 Å². The molecule has 0 unspecified atom stereocenters. The van der Waals surface area contributed by atoms with Crippen LogP contribution in [0, 0.1) is 0 Å². The molecule has 3 aromatic rings. The molecule has 1 aliphatic carbocycles. The summed E-state index contributed by atoms with van der Waals surface area (Å²) in [4.78, 5) is 17.5. The van der Waals surface area contributed by atoms with Gasteiger partial charge in [-0.25, -0.2) is 10.1 Å². The first kappa shape index (κ1) is 25.3. The summed E-state index contributed by atoms with van der Waals surface area (Å²) in [6, 6.07) is 8.42. The number of hydrogen-bond acceptors (Lipinski definition) is 10. The van der Waals surface area contributed by atoms with Gasteiger partial charge in [0.1, 0.15) is 0 Å². The molecule has 1 amide bonds. The Labute approximate surface area is 210 Å². The Hall–Kier alpha value is -3.80. The summed E-state index contributed by atoms with van der Waals surface area (Å²) in [7, 11) is 2.04. The van der Waals surface area contributed by atoms with Crippen LogP contribution in [0.4, 0.5) is 11.5 Å². The van der Waals surface area contributed by atoms with E-state index < -0.39 is 5.91 Å². The van der Waals surface area contributed by atoms with Gasteiger partial charge in [0.2, 0.25) is 11.6 Å². The van der Waals surface area contributed by atoms with Crippen molar-refractivity contribution in [3.05, 3.63) is 41.2 Å². The molecule has 192 valence electrons. The standard InChI is InChI=1S/C24H34N10O2/c1-4-33(5-2)19-13-11-17(12-14-19)15-26-28-24(35)21-20(16-32(3)18-9-7-6-8-10-18)34(31-27-21)23-22(25)29-36-30-23/h11-15,18H,4-10,16H2,1-3H3,(H2,25,29)(H,28,35)/b26-15-. The van der Waals surface area contributed by atoms with E-state index in [0.717, 1.165) is 37.2 Å². The van der Waals surface area contributed by atoms with Gasteiger partial charge in [-0.2, -0.15) is 9.78 Å². The maximum absolute atomic E-state index is 13.0. The normalized spacial score (nSPS) is 14.6. The summed E-state index contributed by atoms with van der Waals surface area (Å²) < 4.78 is 6.16. The molecule has 2 aromatic heterocycles. The first-order chi connectivity index (χ1) is 17.5. The molecule has 1 aliphatic rings. The molecule has 0 atom stereocenters. The molecule has 12 heteroatoms. The van der Waals surface area contributed by atoms with Gasteiger partial charge in [-0.05, 0) is 61.7 Å². The van der Waals surface area contributed by atoms with Crippen LogP contribution in [-0.4, -0.2) is 68.5 Å². The van der Waals surface area contributed by atoms with Crippen molar-refractivity contribution in [3.63, 3.8) is 0 Å². The smallest absolute Gasteiger partial charge is 0.293 e. The SMILES string of the molecule is CCN(CC)c1ccc(/C=N\NC(=O)c2nnn(-c3nonc3N)c2CN(C)C2CCCCC2)cc1. The minimum absolute atomic E-state index is 0.0691. The molecule has 12 nitrogen and oxygen atoms in total. The monoisotopic (exact) mass is 494 g/mol. The number of benzene rings is 1. The quantitative estimate of drug-likeness (QED) is 0.321.